The van der Waals surface area contributed by atoms with Crippen LogP contribution in [0.15, 0.2) is 54.6 Å². The summed E-state index contributed by atoms with van der Waals surface area (Å²) < 4.78 is 0. The Morgan fingerprint density at radius 1 is 0.842 bits per heavy atom. The van der Waals surface area contributed by atoms with E-state index in [0.717, 1.165) is 17.7 Å². The van der Waals surface area contributed by atoms with Crippen LogP contribution in [-0.4, -0.2) is 6.04 Å². The number of hydrogen-bond donors (Lipinski definition) is 1. The quantitative estimate of drug-likeness (QED) is 0.820. The van der Waals surface area contributed by atoms with Gasteiger partial charge in [0.25, 0.3) is 0 Å². The smallest absolute Gasteiger partial charge is 0.0249 e. The Balaban J connectivity index is 2.01. The third kappa shape index (κ3) is 4.62. The van der Waals surface area contributed by atoms with Gasteiger partial charge >= 0.3 is 0 Å². The normalized spacial score (nSPS) is 10.1. The van der Waals surface area contributed by atoms with Gasteiger partial charge in [-0.15, -0.1) is 0 Å². The van der Waals surface area contributed by atoms with Gasteiger partial charge in [0.2, 0.25) is 0 Å². The first-order chi connectivity index (χ1) is 9.24. The average Bonchev–Trinajstić information content (AvgIpc) is 2.45. The van der Waals surface area contributed by atoms with Crippen molar-refractivity contribution < 1.29 is 0 Å². The highest BCUT2D eigenvalue weighted by Gasteiger charge is 1.95. The van der Waals surface area contributed by atoms with E-state index >= 15 is 0 Å². The van der Waals surface area contributed by atoms with Gasteiger partial charge < -0.3 is 5.32 Å². The molecule has 0 aliphatic heterocycles. The molecule has 0 atom stereocenters. The second-order valence-electron chi connectivity index (χ2n) is 4.85. The average molecular weight is 249 g/mol. The van der Waals surface area contributed by atoms with Gasteiger partial charge in [-0.2, -0.15) is 0 Å². The lowest BCUT2D eigenvalue weighted by molar-refractivity contribution is 0.589. The molecule has 19 heavy (non-hydrogen) atoms. The fourth-order valence-corrected chi connectivity index (χ4v) is 1.69. The van der Waals surface area contributed by atoms with Crippen LogP contribution in [0.5, 0.6) is 0 Å². The van der Waals surface area contributed by atoms with E-state index in [1.54, 1.807) is 0 Å². The SMILES string of the molecule is CC(C)NCc1ccc(C#Cc2ccccc2)cc1. The van der Waals surface area contributed by atoms with Gasteiger partial charge in [0.1, 0.15) is 0 Å². The van der Waals surface area contributed by atoms with Crippen LogP contribution < -0.4 is 5.32 Å². The highest BCUT2D eigenvalue weighted by atomic mass is 14.9. The molecule has 0 amide bonds. The highest BCUT2D eigenvalue weighted by molar-refractivity contribution is 5.43. The maximum Gasteiger partial charge on any atom is 0.0249 e. The fraction of sp³-hybridized carbons (Fsp3) is 0.222. The fourth-order valence-electron chi connectivity index (χ4n) is 1.69. The van der Waals surface area contributed by atoms with Crippen molar-refractivity contribution in [3.8, 4) is 11.8 Å². The Bertz CT molecular complexity index is 556. The van der Waals surface area contributed by atoms with E-state index in [9.17, 15) is 0 Å². The van der Waals surface area contributed by atoms with E-state index in [-0.39, 0.29) is 0 Å². The molecule has 0 aliphatic carbocycles. The number of rotatable bonds is 3. The summed E-state index contributed by atoms with van der Waals surface area (Å²) in [5.74, 6) is 6.35. The van der Waals surface area contributed by atoms with Gasteiger partial charge in [0.05, 0.1) is 0 Å². The first-order valence-electron chi connectivity index (χ1n) is 6.63. The maximum absolute atomic E-state index is 3.40. The monoisotopic (exact) mass is 249 g/mol. The molecule has 0 radical (unpaired) electrons. The Labute approximate surface area is 115 Å². The predicted octanol–water partition coefficient (Wildman–Crippen LogP) is 3.58. The van der Waals surface area contributed by atoms with Crippen LogP contribution in [0.1, 0.15) is 30.5 Å². The number of hydrogen-bond acceptors (Lipinski definition) is 1. The Morgan fingerprint density at radius 3 is 2.00 bits per heavy atom. The topological polar surface area (TPSA) is 12.0 Å². The molecule has 2 aromatic carbocycles. The number of benzene rings is 2. The summed E-state index contributed by atoms with van der Waals surface area (Å²) in [6.07, 6.45) is 0. The van der Waals surface area contributed by atoms with Crippen molar-refractivity contribution in [3.63, 3.8) is 0 Å². The van der Waals surface area contributed by atoms with E-state index < -0.39 is 0 Å². The third-order valence-corrected chi connectivity index (χ3v) is 2.79. The van der Waals surface area contributed by atoms with Gasteiger partial charge in [0.15, 0.2) is 0 Å². The van der Waals surface area contributed by atoms with Crippen LogP contribution in [0.25, 0.3) is 0 Å². The molecule has 2 aromatic rings. The molecule has 0 unspecified atom stereocenters. The molecule has 0 aromatic heterocycles. The van der Waals surface area contributed by atoms with Crippen molar-refractivity contribution in [2.45, 2.75) is 26.4 Å². The van der Waals surface area contributed by atoms with Crippen LogP contribution in [0.3, 0.4) is 0 Å². The minimum atomic E-state index is 0.512. The lowest BCUT2D eigenvalue weighted by Crippen LogP contribution is -2.21. The molecule has 1 nitrogen and oxygen atoms in total. The van der Waals surface area contributed by atoms with Gasteiger partial charge in [0, 0.05) is 23.7 Å². The summed E-state index contributed by atoms with van der Waals surface area (Å²) in [5.41, 5.74) is 3.39. The lowest BCUT2D eigenvalue weighted by atomic mass is 10.1. The van der Waals surface area contributed by atoms with Crippen molar-refractivity contribution in [2.24, 2.45) is 0 Å². The molecule has 1 heteroatoms. The summed E-state index contributed by atoms with van der Waals surface area (Å²) in [6.45, 7) is 5.21. The van der Waals surface area contributed by atoms with E-state index in [2.05, 4.69) is 55.3 Å². The Morgan fingerprint density at radius 2 is 1.42 bits per heavy atom. The molecular formula is C18H19N. The zero-order chi connectivity index (χ0) is 13.5. The van der Waals surface area contributed by atoms with Crippen molar-refractivity contribution in [2.75, 3.05) is 0 Å². The first kappa shape index (κ1) is 13.4. The summed E-state index contributed by atoms with van der Waals surface area (Å²) in [5, 5.41) is 3.40. The zero-order valence-corrected chi connectivity index (χ0v) is 11.5. The molecule has 0 fully saturated rings. The molecule has 96 valence electrons. The minimum Gasteiger partial charge on any atom is -0.310 e. The van der Waals surface area contributed by atoms with E-state index in [1.807, 2.05) is 30.3 Å². The lowest BCUT2D eigenvalue weighted by Gasteiger charge is -2.07. The molecule has 1 N–H and O–H groups in total. The number of nitrogens with one attached hydrogen (secondary N) is 1. The molecule has 0 aliphatic rings. The van der Waals surface area contributed by atoms with E-state index in [1.165, 1.54) is 5.56 Å². The highest BCUT2D eigenvalue weighted by Crippen LogP contribution is 2.04. The van der Waals surface area contributed by atoms with Crippen LogP contribution >= 0.6 is 0 Å². The molecule has 0 saturated carbocycles. The van der Waals surface area contributed by atoms with E-state index in [4.69, 9.17) is 0 Å². The van der Waals surface area contributed by atoms with Crippen LogP contribution in [0.4, 0.5) is 0 Å². The molecule has 0 heterocycles. The molecule has 0 saturated heterocycles. The van der Waals surface area contributed by atoms with Crippen molar-refractivity contribution >= 4 is 0 Å². The Hall–Kier alpha value is -2.04. The third-order valence-electron chi connectivity index (χ3n) is 2.79. The maximum atomic E-state index is 3.40. The summed E-state index contributed by atoms with van der Waals surface area (Å²) in [4.78, 5) is 0. The zero-order valence-electron chi connectivity index (χ0n) is 11.5. The van der Waals surface area contributed by atoms with Crippen LogP contribution in [0, 0.1) is 11.8 Å². The second-order valence-corrected chi connectivity index (χ2v) is 4.85. The molecule has 2 rings (SSSR count). The second kappa shape index (κ2) is 6.78. The largest absolute Gasteiger partial charge is 0.310 e. The summed E-state index contributed by atoms with van der Waals surface area (Å²) in [6, 6.07) is 19.0. The Kier molecular flexibility index (Phi) is 4.78. The molecular weight excluding hydrogens is 230 g/mol. The standard InChI is InChI=1S/C18H19N/c1-15(2)19-14-18-12-10-17(11-13-18)9-8-16-6-4-3-5-7-16/h3-7,10-13,15,19H,14H2,1-2H3. The van der Waals surface area contributed by atoms with Crippen LogP contribution in [-0.2, 0) is 6.54 Å². The predicted molar refractivity (Wildman–Crippen MR) is 80.8 cm³/mol. The first-order valence-corrected chi connectivity index (χ1v) is 6.63. The van der Waals surface area contributed by atoms with Gasteiger partial charge in [-0.3, -0.25) is 0 Å². The molecule has 0 spiro atoms. The van der Waals surface area contributed by atoms with Gasteiger partial charge in [-0.05, 0) is 29.8 Å². The van der Waals surface area contributed by atoms with Crippen molar-refractivity contribution in [1.29, 1.82) is 0 Å². The minimum absolute atomic E-state index is 0.512. The van der Waals surface area contributed by atoms with Gasteiger partial charge in [-0.1, -0.05) is 56.0 Å². The van der Waals surface area contributed by atoms with E-state index in [0.29, 0.717) is 6.04 Å². The van der Waals surface area contributed by atoms with Crippen molar-refractivity contribution in [3.05, 3.63) is 71.3 Å². The van der Waals surface area contributed by atoms with Crippen molar-refractivity contribution in [1.82, 2.24) is 5.32 Å². The van der Waals surface area contributed by atoms with Crippen LogP contribution in [0.2, 0.25) is 0 Å². The van der Waals surface area contributed by atoms with Gasteiger partial charge in [-0.25, -0.2) is 0 Å². The summed E-state index contributed by atoms with van der Waals surface area (Å²) in [7, 11) is 0. The summed E-state index contributed by atoms with van der Waals surface area (Å²) >= 11 is 0. The molecule has 0 bridgehead atoms.